The van der Waals surface area contributed by atoms with Crippen molar-refractivity contribution < 1.29 is 17.3 Å². The lowest BCUT2D eigenvalue weighted by Gasteiger charge is -2.08. The van der Waals surface area contributed by atoms with Crippen LogP contribution in [0.4, 0.5) is 0 Å². The van der Waals surface area contributed by atoms with Crippen LogP contribution in [0.15, 0.2) is 82.4 Å². The molecule has 0 unspecified atom stereocenters. The van der Waals surface area contributed by atoms with Crippen LogP contribution >= 0.6 is 15.9 Å². The summed E-state index contributed by atoms with van der Waals surface area (Å²) in [6.45, 7) is 1.94. The van der Waals surface area contributed by atoms with Gasteiger partial charge in [-0.2, -0.15) is 8.42 Å². The Hall–Kier alpha value is -2.68. The molecule has 4 rings (SSSR count). The van der Waals surface area contributed by atoms with Gasteiger partial charge in [-0.25, -0.2) is 4.98 Å². The van der Waals surface area contributed by atoms with E-state index in [-0.39, 0.29) is 18.1 Å². The van der Waals surface area contributed by atoms with Crippen molar-refractivity contribution in [3.8, 4) is 17.0 Å². The summed E-state index contributed by atoms with van der Waals surface area (Å²) in [4.78, 5) is 4.74. The van der Waals surface area contributed by atoms with E-state index in [2.05, 4.69) is 20.9 Å². The number of aromatic nitrogens is 2. The molecular weight excluding hydrogens is 468 g/mol. The van der Waals surface area contributed by atoms with Crippen LogP contribution < -0.4 is 4.74 Å². The number of rotatable bonds is 7. The number of benzene rings is 2. The third kappa shape index (κ3) is 4.72. The predicted molar refractivity (Wildman–Crippen MR) is 118 cm³/mol. The molecule has 0 atom stereocenters. The van der Waals surface area contributed by atoms with Crippen LogP contribution in [0.25, 0.3) is 16.9 Å². The quantitative estimate of drug-likeness (QED) is 0.275. The molecule has 8 heteroatoms. The Morgan fingerprint density at radius 2 is 1.67 bits per heavy atom. The van der Waals surface area contributed by atoms with Crippen molar-refractivity contribution in [2.24, 2.45) is 0 Å². The second-order valence-electron chi connectivity index (χ2n) is 6.70. The normalized spacial score (nSPS) is 11.7. The van der Waals surface area contributed by atoms with Crippen LogP contribution in [0.2, 0.25) is 0 Å². The SMILES string of the molecule is Cc1ccc(S(=O)(=O)OCCOc2ccc(-c3cn4cc(Br)ccc4n3)cc2)cc1. The molecule has 4 aromatic rings. The van der Waals surface area contributed by atoms with E-state index in [9.17, 15) is 8.42 Å². The second kappa shape index (κ2) is 8.59. The highest BCUT2D eigenvalue weighted by atomic mass is 79.9. The molecule has 2 aromatic carbocycles. The van der Waals surface area contributed by atoms with Gasteiger partial charge in [0.1, 0.15) is 24.6 Å². The molecule has 0 aliphatic carbocycles. The van der Waals surface area contributed by atoms with Crippen LogP contribution in [0.3, 0.4) is 0 Å². The first-order chi connectivity index (χ1) is 14.4. The number of hydrogen-bond donors (Lipinski definition) is 0. The zero-order valence-corrected chi connectivity index (χ0v) is 18.6. The summed E-state index contributed by atoms with van der Waals surface area (Å²) in [6, 6.07) is 17.9. The Balaban J connectivity index is 1.34. The average molecular weight is 487 g/mol. The van der Waals surface area contributed by atoms with E-state index < -0.39 is 10.1 Å². The number of fused-ring (bicyclic) bond motifs is 1. The summed E-state index contributed by atoms with van der Waals surface area (Å²) in [5, 5.41) is 0. The molecule has 0 amide bonds. The van der Waals surface area contributed by atoms with Crippen LogP contribution in [-0.2, 0) is 14.3 Å². The lowest BCUT2D eigenvalue weighted by Crippen LogP contribution is -2.13. The maximum Gasteiger partial charge on any atom is 0.297 e. The minimum absolute atomic E-state index is 0.0702. The number of imidazole rings is 1. The standard InChI is InChI=1S/C22H19BrN2O4S/c1-16-2-9-20(10-3-16)30(26,27)29-13-12-28-19-7-4-17(5-8-19)21-15-25-14-18(23)6-11-22(25)24-21/h2-11,14-15H,12-13H2,1H3. The van der Waals surface area contributed by atoms with E-state index >= 15 is 0 Å². The molecule has 2 heterocycles. The highest BCUT2D eigenvalue weighted by molar-refractivity contribution is 9.10. The van der Waals surface area contributed by atoms with E-state index in [1.54, 1.807) is 12.1 Å². The number of halogens is 1. The van der Waals surface area contributed by atoms with Crippen molar-refractivity contribution in [2.75, 3.05) is 13.2 Å². The Labute approximate surface area is 183 Å². The Kier molecular flexibility index (Phi) is 5.90. The predicted octanol–water partition coefficient (Wildman–Crippen LogP) is 4.86. The fraction of sp³-hybridized carbons (Fsp3) is 0.136. The summed E-state index contributed by atoms with van der Waals surface area (Å²) in [6.07, 6.45) is 3.91. The van der Waals surface area contributed by atoms with Crippen molar-refractivity contribution in [3.63, 3.8) is 0 Å². The summed E-state index contributed by atoms with van der Waals surface area (Å²) in [7, 11) is -3.78. The van der Waals surface area contributed by atoms with Gasteiger partial charge in [-0.05, 0) is 71.4 Å². The molecule has 0 bridgehead atoms. The minimum Gasteiger partial charge on any atom is -0.491 e. The molecule has 0 radical (unpaired) electrons. The highest BCUT2D eigenvalue weighted by Crippen LogP contribution is 2.23. The maximum atomic E-state index is 12.2. The van der Waals surface area contributed by atoms with Crippen LogP contribution in [0.1, 0.15) is 5.56 Å². The molecular formula is C22H19BrN2O4S. The molecule has 0 spiro atoms. The first kappa shape index (κ1) is 20.6. The lowest BCUT2D eigenvalue weighted by molar-refractivity contribution is 0.221. The van der Waals surface area contributed by atoms with Crippen molar-refractivity contribution >= 4 is 31.7 Å². The number of nitrogens with zero attached hydrogens (tertiary/aromatic N) is 2. The fourth-order valence-corrected chi connectivity index (χ4v) is 4.15. The largest absolute Gasteiger partial charge is 0.491 e. The number of pyridine rings is 1. The average Bonchev–Trinajstić information content (AvgIpc) is 3.15. The van der Waals surface area contributed by atoms with Crippen LogP contribution in [0.5, 0.6) is 5.75 Å². The van der Waals surface area contributed by atoms with Gasteiger partial charge in [-0.15, -0.1) is 0 Å². The molecule has 0 N–H and O–H groups in total. The number of aryl methyl sites for hydroxylation is 1. The smallest absolute Gasteiger partial charge is 0.297 e. The molecule has 154 valence electrons. The van der Waals surface area contributed by atoms with Crippen LogP contribution in [0, 0.1) is 6.92 Å². The molecule has 0 aliphatic heterocycles. The fourth-order valence-electron chi connectivity index (χ4n) is 2.90. The zero-order chi connectivity index (χ0) is 21.1. The molecule has 0 fully saturated rings. The Bertz CT molecular complexity index is 1270. The van der Waals surface area contributed by atoms with Gasteiger partial charge in [-0.1, -0.05) is 17.7 Å². The molecule has 0 saturated carbocycles. The molecule has 30 heavy (non-hydrogen) atoms. The first-order valence-corrected chi connectivity index (χ1v) is 11.4. The summed E-state index contributed by atoms with van der Waals surface area (Å²) in [5.41, 5.74) is 3.66. The van der Waals surface area contributed by atoms with Gasteiger partial charge in [-0.3, -0.25) is 4.18 Å². The van der Waals surface area contributed by atoms with Crippen molar-refractivity contribution in [3.05, 3.63) is 83.1 Å². The number of ether oxygens (including phenoxy) is 1. The topological polar surface area (TPSA) is 69.9 Å². The Morgan fingerprint density at radius 3 is 2.40 bits per heavy atom. The van der Waals surface area contributed by atoms with Crippen molar-refractivity contribution in [2.45, 2.75) is 11.8 Å². The minimum atomic E-state index is -3.78. The van der Waals surface area contributed by atoms with Gasteiger partial charge < -0.3 is 9.14 Å². The summed E-state index contributed by atoms with van der Waals surface area (Å²) in [5.74, 6) is 0.626. The highest BCUT2D eigenvalue weighted by Gasteiger charge is 2.14. The van der Waals surface area contributed by atoms with E-state index in [0.717, 1.165) is 26.9 Å². The molecule has 6 nitrogen and oxygen atoms in total. The van der Waals surface area contributed by atoms with Gasteiger partial charge in [0.25, 0.3) is 10.1 Å². The maximum absolute atomic E-state index is 12.2. The lowest BCUT2D eigenvalue weighted by atomic mass is 10.2. The second-order valence-corrected chi connectivity index (χ2v) is 9.23. The van der Waals surface area contributed by atoms with Gasteiger partial charge in [0.05, 0.1) is 10.6 Å². The Morgan fingerprint density at radius 1 is 0.933 bits per heavy atom. The summed E-state index contributed by atoms with van der Waals surface area (Å²) < 4.78 is 37.9. The van der Waals surface area contributed by atoms with Gasteiger partial charge in [0.15, 0.2) is 0 Å². The zero-order valence-electron chi connectivity index (χ0n) is 16.2. The van der Waals surface area contributed by atoms with E-state index in [1.807, 2.05) is 60.1 Å². The molecule has 2 aromatic heterocycles. The van der Waals surface area contributed by atoms with E-state index in [4.69, 9.17) is 8.92 Å². The van der Waals surface area contributed by atoms with E-state index in [1.165, 1.54) is 12.1 Å². The first-order valence-electron chi connectivity index (χ1n) is 9.24. The molecule has 0 aliphatic rings. The van der Waals surface area contributed by atoms with Gasteiger partial charge in [0, 0.05) is 22.4 Å². The van der Waals surface area contributed by atoms with Crippen molar-refractivity contribution in [1.82, 2.24) is 9.38 Å². The van der Waals surface area contributed by atoms with Gasteiger partial charge in [0.2, 0.25) is 0 Å². The summed E-state index contributed by atoms with van der Waals surface area (Å²) >= 11 is 3.45. The number of hydrogen-bond acceptors (Lipinski definition) is 5. The van der Waals surface area contributed by atoms with Crippen molar-refractivity contribution in [1.29, 1.82) is 0 Å². The van der Waals surface area contributed by atoms with E-state index in [0.29, 0.717) is 5.75 Å². The third-order valence-electron chi connectivity index (χ3n) is 4.47. The third-order valence-corrected chi connectivity index (χ3v) is 6.26. The molecule has 0 saturated heterocycles. The van der Waals surface area contributed by atoms with Crippen LogP contribution in [-0.4, -0.2) is 31.0 Å². The monoisotopic (exact) mass is 486 g/mol. The van der Waals surface area contributed by atoms with Gasteiger partial charge >= 0.3 is 0 Å².